The van der Waals surface area contributed by atoms with E-state index in [2.05, 4.69) is 5.32 Å². The maximum Gasteiger partial charge on any atom is 0.289 e. The van der Waals surface area contributed by atoms with Crippen molar-refractivity contribution >= 4 is 28.5 Å². The number of aliphatic hydroxyl groups is 1. The standard InChI is InChI=1S/C15H16ClNO3/c1-15(8-18,9-6-7-9)17-14(19)13-12(16)10-4-2-3-5-11(10)20-13/h2-5,9,18H,6-8H2,1H3,(H,17,19)/t15-/m0/s1. The third-order valence-electron chi connectivity index (χ3n) is 3.95. The fourth-order valence-electron chi connectivity index (χ4n) is 2.47. The highest BCUT2D eigenvalue weighted by Crippen LogP contribution is 2.40. The van der Waals surface area contributed by atoms with Gasteiger partial charge in [-0.2, -0.15) is 0 Å². The van der Waals surface area contributed by atoms with E-state index in [1.165, 1.54) is 0 Å². The second-order valence-electron chi connectivity index (χ2n) is 5.55. The zero-order valence-corrected chi connectivity index (χ0v) is 11.9. The summed E-state index contributed by atoms with van der Waals surface area (Å²) in [7, 11) is 0. The van der Waals surface area contributed by atoms with E-state index >= 15 is 0 Å². The van der Waals surface area contributed by atoms with E-state index in [0.29, 0.717) is 16.5 Å². The van der Waals surface area contributed by atoms with Crippen molar-refractivity contribution in [3.63, 3.8) is 0 Å². The van der Waals surface area contributed by atoms with Gasteiger partial charge in [-0.1, -0.05) is 23.7 Å². The van der Waals surface area contributed by atoms with E-state index in [9.17, 15) is 9.90 Å². The second kappa shape index (κ2) is 4.79. The van der Waals surface area contributed by atoms with Crippen LogP contribution in [0.1, 0.15) is 30.3 Å². The highest BCUT2D eigenvalue weighted by molar-refractivity contribution is 6.38. The average molecular weight is 294 g/mol. The Bertz CT molecular complexity index is 662. The second-order valence-corrected chi connectivity index (χ2v) is 5.92. The minimum atomic E-state index is -0.612. The quantitative estimate of drug-likeness (QED) is 0.911. The number of aliphatic hydroxyl groups excluding tert-OH is 1. The van der Waals surface area contributed by atoms with Crippen molar-refractivity contribution < 1.29 is 14.3 Å². The van der Waals surface area contributed by atoms with Crippen molar-refractivity contribution in [3.8, 4) is 0 Å². The van der Waals surface area contributed by atoms with Gasteiger partial charge in [0.05, 0.1) is 17.2 Å². The van der Waals surface area contributed by atoms with Gasteiger partial charge in [0.1, 0.15) is 5.58 Å². The lowest BCUT2D eigenvalue weighted by atomic mass is 9.97. The predicted octanol–water partition coefficient (Wildman–Crippen LogP) is 2.98. The minimum absolute atomic E-state index is 0.0960. The van der Waals surface area contributed by atoms with Crippen LogP contribution in [0.5, 0.6) is 0 Å². The molecule has 0 unspecified atom stereocenters. The molecule has 3 rings (SSSR count). The number of benzene rings is 1. The molecule has 20 heavy (non-hydrogen) atoms. The molecule has 0 spiro atoms. The number of halogens is 1. The molecular formula is C15H16ClNO3. The molecule has 1 heterocycles. The Hall–Kier alpha value is -1.52. The summed E-state index contributed by atoms with van der Waals surface area (Å²) in [5.74, 6) is 0.0439. The fraction of sp³-hybridized carbons (Fsp3) is 0.400. The molecule has 1 atom stereocenters. The first-order valence-electron chi connectivity index (χ1n) is 6.65. The smallest absolute Gasteiger partial charge is 0.289 e. The Morgan fingerprint density at radius 3 is 2.80 bits per heavy atom. The van der Waals surface area contributed by atoms with E-state index < -0.39 is 5.54 Å². The van der Waals surface area contributed by atoms with Gasteiger partial charge in [0.2, 0.25) is 5.76 Å². The highest BCUT2D eigenvalue weighted by Gasteiger charge is 2.42. The molecule has 2 N–H and O–H groups in total. The van der Waals surface area contributed by atoms with Crippen LogP contribution in [0.25, 0.3) is 11.0 Å². The number of nitrogens with one attached hydrogen (secondary N) is 1. The van der Waals surface area contributed by atoms with Crippen LogP contribution in [-0.4, -0.2) is 23.2 Å². The molecule has 106 valence electrons. The summed E-state index contributed by atoms with van der Waals surface area (Å²) in [5.41, 5.74) is -0.0286. The molecule has 5 heteroatoms. The first kappa shape index (κ1) is 13.5. The highest BCUT2D eigenvalue weighted by atomic mass is 35.5. The van der Waals surface area contributed by atoms with Crippen molar-refractivity contribution in [1.29, 1.82) is 0 Å². The molecule has 1 aromatic heterocycles. The van der Waals surface area contributed by atoms with Crippen molar-refractivity contribution in [2.45, 2.75) is 25.3 Å². The summed E-state index contributed by atoms with van der Waals surface area (Å²) in [5, 5.41) is 13.4. The van der Waals surface area contributed by atoms with Gasteiger partial charge in [-0.25, -0.2) is 0 Å². The summed E-state index contributed by atoms with van der Waals surface area (Å²) in [4.78, 5) is 12.3. The average Bonchev–Trinajstić information content (AvgIpc) is 3.25. The van der Waals surface area contributed by atoms with Crippen molar-refractivity contribution in [1.82, 2.24) is 5.32 Å². The molecule has 0 saturated heterocycles. The maximum absolute atomic E-state index is 12.3. The molecular weight excluding hydrogens is 278 g/mol. The van der Waals surface area contributed by atoms with Crippen LogP contribution >= 0.6 is 11.6 Å². The van der Waals surface area contributed by atoms with Crippen LogP contribution in [0.2, 0.25) is 5.02 Å². The summed E-state index contributed by atoms with van der Waals surface area (Å²) < 4.78 is 5.53. The first-order valence-corrected chi connectivity index (χ1v) is 7.03. The van der Waals surface area contributed by atoms with Crippen LogP contribution in [0, 0.1) is 5.92 Å². The van der Waals surface area contributed by atoms with Crippen LogP contribution in [0.3, 0.4) is 0 Å². The van der Waals surface area contributed by atoms with Gasteiger partial charge in [-0.15, -0.1) is 0 Å². The summed E-state index contributed by atoms with van der Waals surface area (Å²) >= 11 is 6.20. The Labute approximate surface area is 121 Å². The summed E-state index contributed by atoms with van der Waals surface area (Å²) in [6, 6.07) is 7.24. The van der Waals surface area contributed by atoms with E-state index in [-0.39, 0.29) is 18.3 Å². The van der Waals surface area contributed by atoms with Crippen LogP contribution in [0.15, 0.2) is 28.7 Å². The minimum Gasteiger partial charge on any atom is -0.449 e. The Kier molecular flexibility index (Phi) is 3.22. The molecule has 2 aromatic rings. The predicted molar refractivity (Wildman–Crippen MR) is 76.9 cm³/mol. The van der Waals surface area contributed by atoms with Crippen LogP contribution in [0.4, 0.5) is 0 Å². The normalized spacial score (nSPS) is 17.9. The number of rotatable bonds is 4. The molecule has 0 bridgehead atoms. The zero-order valence-electron chi connectivity index (χ0n) is 11.1. The summed E-state index contributed by atoms with van der Waals surface area (Å²) in [6.45, 7) is 1.75. The topological polar surface area (TPSA) is 62.5 Å². The third kappa shape index (κ3) is 2.19. The van der Waals surface area contributed by atoms with Gasteiger partial charge in [0.25, 0.3) is 5.91 Å². The molecule has 0 aliphatic heterocycles. The first-order chi connectivity index (χ1) is 9.55. The van der Waals surface area contributed by atoms with Gasteiger partial charge < -0.3 is 14.8 Å². The zero-order chi connectivity index (χ0) is 14.3. The number of hydrogen-bond acceptors (Lipinski definition) is 3. The van der Waals surface area contributed by atoms with Crippen molar-refractivity contribution in [3.05, 3.63) is 35.0 Å². The lowest BCUT2D eigenvalue weighted by Crippen LogP contribution is -2.50. The summed E-state index contributed by atoms with van der Waals surface area (Å²) in [6.07, 6.45) is 2.04. The molecule has 0 radical (unpaired) electrons. The van der Waals surface area contributed by atoms with Gasteiger partial charge in [-0.3, -0.25) is 4.79 Å². The number of fused-ring (bicyclic) bond motifs is 1. The SMILES string of the molecule is C[C@@](CO)(NC(=O)c1oc2ccccc2c1Cl)C1CC1. The van der Waals surface area contributed by atoms with Gasteiger partial charge in [-0.05, 0) is 37.8 Å². The molecule has 1 amide bonds. The Morgan fingerprint density at radius 1 is 1.50 bits per heavy atom. The third-order valence-corrected chi connectivity index (χ3v) is 4.32. The largest absolute Gasteiger partial charge is 0.449 e. The fourth-order valence-corrected chi connectivity index (χ4v) is 2.75. The monoisotopic (exact) mass is 293 g/mol. The Balaban J connectivity index is 1.90. The van der Waals surface area contributed by atoms with Crippen LogP contribution in [-0.2, 0) is 0 Å². The molecule has 1 aliphatic rings. The lowest BCUT2D eigenvalue weighted by Gasteiger charge is -2.28. The number of carbonyl (C=O) groups excluding carboxylic acids is 1. The Morgan fingerprint density at radius 2 is 2.20 bits per heavy atom. The molecule has 1 aromatic carbocycles. The molecule has 4 nitrogen and oxygen atoms in total. The maximum atomic E-state index is 12.3. The van der Waals surface area contributed by atoms with E-state index in [1.807, 2.05) is 25.1 Å². The van der Waals surface area contributed by atoms with E-state index in [4.69, 9.17) is 16.0 Å². The number of furan rings is 1. The van der Waals surface area contributed by atoms with Crippen molar-refractivity contribution in [2.75, 3.05) is 6.61 Å². The van der Waals surface area contributed by atoms with Gasteiger partial charge >= 0.3 is 0 Å². The van der Waals surface area contributed by atoms with Crippen LogP contribution < -0.4 is 5.32 Å². The van der Waals surface area contributed by atoms with E-state index in [1.54, 1.807) is 6.07 Å². The number of hydrogen-bond donors (Lipinski definition) is 2. The van der Waals surface area contributed by atoms with E-state index in [0.717, 1.165) is 18.2 Å². The van der Waals surface area contributed by atoms with Gasteiger partial charge in [0.15, 0.2) is 0 Å². The lowest BCUT2D eigenvalue weighted by molar-refractivity contribution is 0.0799. The molecule has 1 aliphatic carbocycles. The number of amides is 1. The number of para-hydroxylation sites is 1. The number of carbonyl (C=O) groups is 1. The molecule has 1 fully saturated rings. The van der Waals surface area contributed by atoms with Gasteiger partial charge in [0, 0.05) is 5.39 Å². The molecule has 1 saturated carbocycles. The van der Waals surface area contributed by atoms with Crippen molar-refractivity contribution in [2.24, 2.45) is 5.92 Å².